The van der Waals surface area contributed by atoms with Gasteiger partial charge in [-0.2, -0.15) is 0 Å². The van der Waals surface area contributed by atoms with Crippen LogP contribution in [0, 0.1) is 13.8 Å². The highest BCUT2D eigenvalue weighted by Crippen LogP contribution is 2.14. The largest absolute Gasteiger partial charge is 0.444 e. The highest BCUT2D eigenvalue weighted by atomic mass is 16.6. The van der Waals surface area contributed by atoms with Crippen LogP contribution in [0.5, 0.6) is 0 Å². The van der Waals surface area contributed by atoms with E-state index in [1.54, 1.807) is 0 Å². The summed E-state index contributed by atoms with van der Waals surface area (Å²) in [7, 11) is 0. The average molecular weight is 266 g/mol. The van der Waals surface area contributed by atoms with Crippen molar-refractivity contribution < 1.29 is 14.1 Å². The lowest BCUT2D eigenvalue weighted by Crippen LogP contribution is -2.32. The Labute approximate surface area is 114 Å². The number of hydrogen-bond donors (Lipinski definition) is 1. The first-order chi connectivity index (χ1) is 8.79. The molecule has 0 saturated carbocycles. The summed E-state index contributed by atoms with van der Waals surface area (Å²) in [5, 5.41) is 6.56. The molecule has 0 aliphatic carbocycles. The number of amides is 1. The van der Waals surface area contributed by atoms with Crippen molar-refractivity contribution in [1.29, 1.82) is 0 Å². The summed E-state index contributed by atoms with van der Waals surface area (Å²) < 4.78 is 10.2. The Morgan fingerprint density at radius 1 is 1.42 bits per heavy atom. The number of alkyl carbamates (subject to hydrolysis) is 1. The summed E-state index contributed by atoms with van der Waals surface area (Å²) in [5.74, 6) is 0.800. The van der Waals surface area contributed by atoms with Crippen LogP contribution < -0.4 is 5.32 Å². The first-order valence-electron chi connectivity index (χ1n) is 6.36. The lowest BCUT2D eigenvalue weighted by Gasteiger charge is -2.19. The standard InChI is InChI=1S/C14H22N2O3/c1-10-12(11(2)19-16-10)8-6-7-9-15-13(17)18-14(3,4)5/h6,8H,7,9H2,1-5H3,(H,15,17). The first-order valence-corrected chi connectivity index (χ1v) is 6.36. The Kier molecular flexibility index (Phi) is 5.15. The number of hydrogen-bond acceptors (Lipinski definition) is 4. The zero-order valence-corrected chi connectivity index (χ0v) is 12.2. The molecule has 1 aromatic heterocycles. The quantitative estimate of drug-likeness (QED) is 0.850. The van der Waals surface area contributed by atoms with Gasteiger partial charge in [-0.15, -0.1) is 0 Å². The summed E-state index contributed by atoms with van der Waals surface area (Å²) >= 11 is 0. The molecule has 0 aliphatic heterocycles. The molecule has 1 amide bonds. The van der Waals surface area contributed by atoms with Crippen LogP contribution in [-0.2, 0) is 4.74 Å². The smallest absolute Gasteiger partial charge is 0.407 e. The molecule has 0 spiro atoms. The van der Waals surface area contributed by atoms with Crippen molar-refractivity contribution in [2.24, 2.45) is 0 Å². The SMILES string of the molecule is Cc1noc(C)c1C=CCCNC(=O)OC(C)(C)C. The number of carbonyl (C=O) groups excluding carboxylic acids is 1. The molecule has 0 atom stereocenters. The van der Waals surface area contributed by atoms with Crippen LogP contribution in [0.25, 0.3) is 6.08 Å². The van der Waals surface area contributed by atoms with Crippen molar-refractivity contribution in [2.45, 2.75) is 46.6 Å². The lowest BCUT2D eigenvalue weighted by molar-refractivity contribution is 0.0529. The fourth-order valence-corrected chi connectivity index (χ4v) is 1.50. The molecule has 1 N–H and O–H groups in total. The molecular formula is C14H22N2O3. The molecule has 0 saturated heterocycles. The second-order valence-electron chi connectivity index (χ2n) is 5.36. The van der Waals surface area contributed by atoms with Crippen molar-refractivity contribution in [3.8, 4) is 0 Å². The van der Waals surface area contributed by atoms with E-state index in [2.05, 4.69) is 10.5 Å². The fraction of sp³-hybridized carbons (Fsp3) is 0.571. The van der Waals surface area contributed by atoms with Crippen LogP contribution in [0.4, 0.5) is 4.79 Å². The topological polar surface area (TPSA) is 64.4 Å². The highest BCUT2D eigenvalue weighted by Gasteiger charge is 2.15. The normalized spacial score (nSPS) is 11.8. The molecule has 0 aliphatic rings. The molecule has 1 rings (SSSR count). The molecule has 0 bridgehead atoms. The van der Waals surface area contributed by atoms with Crippen molar-refractivity contribution in [3.05, 3.63) is 23.1 Å². The Morgan fingerprint density at radius 2 is 2.11 bits per heavy atom. The fourth-order valence-electron chi connectivity index (χ4n) is 1.50. The van der Waals surface area contributed by atoms with Gasteiger partial charge in [-0.3, -0.25) is 0 Å². The number of nitrogens with one attached hydrogen (secondary N) is 1. The number of aromatic nitrogens is 1. The van der Waals surface area contributed by atoms with Crippen LogP contribution in [0.15, 0.2) is 10.6 Å². The van der Waals surface area contributed by atoms with Gasteiger partial charge < -0.3 is 14.6 Å². The van der Waals surface area contributed by atoms with E-state index in [1.165, 1.54) is 0 Å². The maximum atomic E-state index is 11.4. The van der Waals surface area contributed by atoms with Crippen molar-refractivity contribution in [1.82, 2.24) is 10.5 Å². The average Bonchev–Trinajstić information content (AvgIpc) is 2.57. The Balaban J connectivity index is 2.30. The van der Waals surface area contributed by atoms with E-state index in [0.29, 0.717) is 6.54 Å². The van der Waals surface area contributed by atoms with E-state index >= 15 is 0 Å². The van der Waals surface area contributed by atoms with E-state index < -0.39 is 11.7 Å². The Bertz CT molecular complexity index is 436. The summed E-state index contributed by atoms with van der Waals surface area (Å²) in [5.41, 5.74) is 1.41. The first kappa shape index (κ1) is 15.3. The molecular weight excluding hydrogens is 244 g/mol. The zero-order chi connectivity index (χ0) is 14.5. The minimum Gasteiger partial charge on any atom is -0.444 e. The van der Waals surface area contributed by atoms with Gasteiger partial charge in [-0.1, -0.05) is 17.3 Å². The van der Waals surface area contributed by atoms with Gasteiger partial charge in [0.1, 0.15) is 11.4 Å². The van der Waals surface area contributed by atoms with Crippen molar-refractivity contribution in [2.75, 3.05) is 6.54 Å². The van der Waals surface area contributed by atoms with Gasteiger partial charge in [0.05, 0.1) is 5.69 Å². The molecule has 1 aromatic rings. The predicted molar refractivity (Wildman–Crippen MR) is 73.9 cm³/mol. The molecule has 19 heavy (non-hydrogen) atoms. The number of carbonyl (C=O) groups is 1. The molecule has 0 unspecified atom stereocenters. The van der Waals surface area contributed by atoms with Gasteiger partial charge in [-0.05, 0) is 41.0 Å². The van der Waals surface area contributed by atoms with E-state index in [-0.39, 0.29) is 0 Å². The minimum atomic E-state index is -0.462. The van der Waals surface area contributed by atoms with Gasteiger partial charge in [0.2, 0.25) is 0 Å². The second-order valence-corrected chi connectivity index (χ2v) is 5.36. The van der Waals surface area contributed by atoms with Gasteiger partial charge >= 0.3 is 6.09 Å². The van der Waals surface area contributed by atoms with Crippen molar-refractivity contribution >= 4 is 12.2 Å². The minimum absolute atomic E-state index is 0.391. The van der Waals surface area contributed by atoms with Crippen LogP contribution in [-0.4, -0.2) is 23.4 Å². The third-order valence-electron chi connectivity index (χ3n) is 2.35. The third-order valence-corrected chi connectivity index (χ3v) is 2.35. The number of nitrogens with zero attached hydrogens (tertiary/aromatic N) is 1. The molecule has 0 aromatic carbocycles. The molecule has 5 nitrogen and oxygen atoms in total. The Hall–Kier alpha value is -1.78. The van der Waals surface area contributed by atoms with Gasteiger partial charge in [0.25, 0.3) is 0 Å². The predicted octanol–water partition coefficient (Wildman–Crippen LogP) is 3.22. The summed E-state index contributed by atoms with van der Waals surface area (Å²) in [6.45, 7) is 9.82. The molecule has 5 heteroatoms. The van der Waals surface area contributed by atoms with E-state index in [0.717, 1.165) is 23.4 Å². The van der Waals surface area contributed by atoms with Crippen LogP contribution >= 0.6 is 0 Å². The molecule has 106 valence electrons. The molecule has 1 heterocycles. The Morgan fingerprint density at radius 3 is 2.63 bits per heavy atom. The molecule has 0 radical (unpaired) electrons. The van der Waals surface area contributed by atoms with Crippen LogP contribution in [0.1, 0.15) is 44.2 Å². The summed E-state index contributed by atoms with van der Waals surface area (Å²) in [6, 6.07) is 0. The van der Waals surface area contributed by atoms with Crippen LogP contribution in [0.2, 0.25) is 0 Å². The number of ether oxygens (including phenoxy) is 1. The van der Waals surface area contributed by atoms with E-state index in [4.69, 9.17) is 9.26 Å². The van der Waals surface area contributed by atoms with Gasteiger partial charge in [0.15, 0.2) is 0 Å². The molecule has 0 fully saturated rings. The lowest BCUT2D eigenvalue weighted by atomic mass is 10.2. The number of aryl methyl sites for hydroxylation is 2. The maximum absolute atomic E-state index is 11.4. The monoisotopic (exact) mass is 266 g/mol. The highest BCUT2D eigenvalue weighted by molar-refractivity contribution is 5.67. The zero-order valence-electron chi connectivity index (χ0n) is 12.2. The maximum Gasteiger partial charge on any atom is 0.407 e. The van der Waals surface area contributed by atoms with E-state index in [9.17, 15) is 4.79 Å². The number of rotatable bonds is 4. The third kappa shape index (κ3) is 5.59. The summed E-state index contributed by atoms with van der Waals surface area (Å²) in [4.78, 5) is 11.4. The van der Waals surface area contributed by atoms with E-state index in [1.807, 2.05) is 46.8 Å². The van der Waals surface area contributed by atoms with Crippen LogP contribution in [0.3, 0.4) is 0 Å². The van der Waals surface area contributed by atoms with Gasteiger partial charge in [-0.25, -0.2) is 4.79 Å². The second kappa shape index (κ2) is 6.41. The van der Waals surface area contributed by atoms with Gasteiger partial charge in [0, 0.05) is 12.1 Å². The summed E-state index contributed by atoms with van der Waals surface area (Å²) in [6.07, 6.45) is 4.27. The van der Waals surface area contributed by atoms with Crippen molar-refractivity contribution in [3.63, 3.8) is 0 Å².